The first kappa shape index (κ1) is 23.7. The van der Waals surface area contributed by atoms with Gasteiger partial charge in [0.2, 0.25) is 5.91 Å². The number of benzene rings is 1. The first-order chi connectivity index (χ1) is 14.8. The van der Waals surface area contributed by atoms with Gasteiger partial charge < -0.3 is 10.4 Å². The number of ketones is 1. The fraction of sp³-hybridized carbons (Fsp3) is 0.304. The molecule has 1 amide bonds. The summed E-state index contributed by atoms with van der Waals surface area (Å²) < 4.78 is 14.1. The van der Waals surface area contributed by atoms with Crippen LogP contribution in [0, 0.1) is 6.92 Å². The third kappa shape index (κ3) is 6.21. The van der Waals surface area contributed by atoms with Crippen LogP contribution in [0.1, 0.15) is 42.4 Å². The molecule has 0 fully saturated rings. The number of rotatable bonds is 10. The molecule has 2 N–H and O–H groups in total. The summed E-state index contributed by atoms with van der Waals surface area (Å²) in [5.41, 5.74) is 1.31. The third-order valence-electron chi connectivity index (χ3n) is 4.89. The van der Waals surface area contributed by atoms with E-state index in [4.69, 9.17) is 5.11 Å². The Labute approximate surface area is 179 Å². The quantitative estimate of drug-likeness (QED) is 0.605. The zero-order valence-corrected chi connectivity index (χ0v) is 17.4. The SMILES string of the molecule is CCC(C(=O)NC(CC(=O)O)C(=O)CF)c1c(C)ccn(C=Cc2ccccc2)c1=O. The number of aliphatic carboxylic acids is 1. The highest BCUT2D eigenvalue weighted by atomic mass is 19.1. The van der Waals surface area contributed by atoms with Crippen molar-refractivity contribution in [3.63, 3.8) is 0 Å². The van der Waals surface area contributed by atoms with Crippen LogP contribution in [0.5, 0.6) is 0 Å². The van der Waals surface area contributed by atoms with Crippen molar-refractivity contribution in [2.75, 3.05) is 6.67 Å². The maximum absolute atomic E-state index is 13.1. The van der Waals surface area contributed by atoms with E-state index in [1.54, 1.807) is 38.4 Å². The Morgan fingerprint density at radius 3 is 2.45 bits per heavy atom. The van der Waals surface area contributed by atoms with Crippen molar-refractivity contribution < 1.29 is 23.9 Å². The van der Waals surface area contributed by atoms with E-state index in [2.05, 4.69) is 5.32 Å². The highest BCUT2D eigenvalue weighted by molar-refractivity contribution is 5.94. The van der Waals surface area contributed by atoms with E-state index < -0.39 is 48.3 Å². The van der Waals surface area contributed by atoms with Gasteiger partial charge >= 0.3 is 5.97 Å². The molecule has 0 aliphatic rings. The number of pyridine rings is 1. The summed E-state index contributed by atoms with van der Waals surface area (Å²) >= 11 is 0. The molecule has 2 unspecified atom stereocenters. The Hall–Kier alpha value is -3.55. The highest BCUT2D eigenvalue weighted by Crippen LogP contribution is 2.21. The number of halogens is 1. The summed E-state index contributed by atoms with van der Waals surface area (Å²) in [6, 6.07) is 9.58. The number of Topliss-reactive ketones (excluding diaryl/α,β-unsaturated/α-hetero) is 1. The molecule has 1 heterocycles. The molecule has 0 radical (unpaired) electrons. The number of amides is 1. The Morgan fingerprint density at radius 1 is 1.19 bits per heavy atom. The Balaban J connectivity index is 2.36. The van der Waals surface area contributed by atoms with Gasteiger partial charge in [0.15, 0.2) is 5.78 Å². The van der Waals surface area contributed by atoms with Crippen LogP contribution in [0.25, 0.3) is 12.3 Å². The van der Waals surface area contributed by atoms with Gasteiger partial charge in [-0.3, -0.25) is 23.7 Å². The van der Waals surface area contributed by atoms with Crippen LogP contribution in [0.15, 0.2) is 47.4 Å². The number of aromatic nitrogens is 1. The van der Waals surface area contributed by atoms with Crippen LogP contribution in [0.4, 0.5) is 4.39 Å². The Kier molecular flexibility index (Phi) is 8.43. The summed E-state index contributed by atoms with van der Waals surface area (Å²) in [7, 11) is 0. The van der Waals surface area contributed by atoms with E-state index in [1.165, 1.54) is 4.57 Å². The maximum atomic E-state index is 13.1. The number of carboxylic acid groups (broad SMARTS) is 1. The van der Waals surface area contributed by atoms with Crippen LogP contribution in [0.3, 0.4) is 0 Å². The summed E-state index contributed by atoms with van der Waals surface area (Å²) in [5.74, 6) is -3.99. The Morgan fingerprint density at radius 2 is 1.87 bits per heavy atom. The van der Waals surface area contributed by atoms with Gasteiger partial charge in [0.1, 0.15) is 12.7 Å². The van der Waals surface area contributed by atoms with Crippen molar-refractivity contribution in [1.82, 2.24) is 9.88 Å². The molecule has 1 aromatic carbocycles. The number of carbonyl (C=O) groups is 3. The normalized spacial score (nSPS) is 13.0. The van der Waals surface area contributed by atoms with Crippen molar-refractivity contribution in [2.24, 2.45) is 0 Å². The molecule has 164 valence electrons. The summed E-state index contributed by atoms with van der Waals surface area (Å²) in [4.78, 5) is 48.6. The minimum Gasteiger partial charge on any atom is -0.481 e. The van der Waals surface area contributed by atoms with Gasteiger partial charge in [-0.2, -0.15) is 0 Å². The lowest BCUT2D eigenvalue weighted by molar-refractivity contribution is -0.140. The van der Waals surface area contributed by atoms with Crippen LogP contribution >= 0.6 is 0 Å². The van der Waals surface area contributed by atoms with Crippen molar-refractivity contribution in [2.45, 2.75) is 38.6 Å². The smallest absolute Gasteiger partial charge is 0.305 e. The zero-order chi connectivity index (χ0) is 23.0. The van der Waals surface area contributed by atoms with Gasteiger partial charge in [-0.1, -0.05) is 37.3 Å². The fourth-order valence-corrected chi connectivity index (χ4v) is 3.24. The second-order valence-corrected chi connectivity index (χ2v) is 7.07. The predicted molar refractivity (Wildman–Crippen MR) is 115 cm³/mol. The number of nitrogens with one attached hydrogen (secondary N) is 1. The lowest BCUT2D eigenvalue weighted by Crippen LogP contribution is -2.45. The topological polar surface area (TPSA) is 105 Å². The van der Waals surface area contributed by atoms with Crippen LogP contribution < -0.4 is 10.9 Å². The zero-order valence-electron chi connectivity index (χ0n) is 17.4. The van der Waals surface area contributed by atoms with Crippen LogP contribution in [0.2, 0.25) is 0 Å². The molecule has 7 nitrogen and oxygen atoms in total. The maximum Gasteiger partial charge on any atom is 0.305 e. The average molecular weight is 428 g/mol. The number of alkyl halides is 1. The minimum atomic E-state index is -1.49. The molecule has 31 heavy (non-hydrogen) atoms. The van der Waals surface area contributed by atoms with E-state index in [0.29, 0.717) is 5.56 Å². The van der Waals surface area contributed by atoms with Crippen molar-refractivity contribution in [1.29, 1.82) is 0 Å². The Bertz CT molecular complexity index is 1030. The molecule has 0 aliphatic heterocycles. The molecule has 0 aliphatic carbocycles. The monoisotopic (exact) mass is 428 g/mol. The molecule has 2 atom stereocenters. The molecule has 0 spiro atoms. The van der Waals surface area contributed by atoms with Crippen molar-refractivity contribution in [3.8, 4) is 0 Å². The summed E-state index contributed by atoms with van der Waals surface area (Å²) in [6.07, 6.45) is 4.43. The molecule has 2 aromatic rings. The molecular weight excluding hydrogens is 403 g/mol. The van der Waals surface area contributed by atoms with E-state index in [1.807, 2.05) is 30.3 Å². The van der Waals surface area contributed by atoms with Gasteiger partial charge in [0, 0.05) is 18.0 Å². The van der Waals surface area contributed by atoms with E-state index in [0.717, 1.165) is 5.56 Å². The second-order valence-electron chi connectivity index (χ2n) is 7.07. The molecule has 0 saturated carbocycles. The number of carbonyl (C=O) groups excluding carboxylic acids is 2. The number of hydrogen-bond acceptors (Lipinski definition) is 4. The first-order valence-electron chi connectivity index (χ1n) is 9.84. The summed E-state index contributed by atoms with van der Waals surface area (Å²) in [5, 5.41) is 11.2. The first-order valence-corrected chi connectivity index (χ1v) is 9.84. The minimum absolute atomic E-state index is 0.234. The largest absolute Gasteiger partial charge is 0.481 e. The van der Waals surface area contributed by atoms with Gasteiger partial charge in [0.05, 0.1) is 12.3 Å². The fourth-order valence-electron chi connectivity index (χ4n) is 3.24. The van der Waals surface area contributed by atoms with Gasteiger partial charge in [-0.15, -0.1) is 0 Å². The molecule has 2 rings (SSSR count). The van der Waals surface area contributed by atoms with Crippen molar-refractivity contribution in [3.05, 3.63) is 69.6 Å². The summed E-state index contributed by atoms with van der Waals surface area (Å²) in [6.45, 7) is 2.00. The standard InChI is InChI=1S/C23H25FN2O5/c1-3-17(22(30)25-18(13-20(28)29)19(27)14-24)21-15(2)9-11-26(23(21)31)12-10-16-7-5-4-6-8-16/h4-12,17-18H,3,13-14H2,1-2H3,(H,25,30)(H,28,29). The number of aryl methyl sites for hydroxylation is 1. The van der Waals surface area contributed by atoms with E-state index in [-0.39, 0.29) is 12.0 Å². The third-order valence-corrected chi connectivity index (χ3v) is 4.89. The predicted octanol–water partition coefficient (Wildman–Crippen LogP) is 2.78. The lowest BCUT2D eigenvalue weighted by Gasteiger charge is -2.21. The van der Waals surface area contributed by atoms with Gasteiger partial charge in [-0.05, 0) is 36.6 Å². The van der Waals surface area contributed by atoms with E-state index >= 15 is 0 Å². The van der Waals surface area contributed by atoms with Crippen LogP contribution in [-0.4, -0.2) is 40.0 Å². The molecule has 0 saturated heterocycles. The highest BCUT2D eigenvalue weighted by Gasteiger charge is 2.29. The molecule has 1 aromatic heterocycles. The molecule has 8 heteroatoms. The van der Waals surface area contributed by atoms with Crippen molar-refractivity contribution >= 4 is 29.9 Å². The lowest BCUT2D eigenvalue weighted by atomic mass is 9.92. The van der Waals surface area contributed by atoms with E-state index in [9.17, 15) is 23.6 Å². The number of carboxylic acids is 1. The van der Waals surface area contributed by atoms with Gasteiger partial charge in [0.25, 0.3) is 5.56 Å². The van der Waals surface area contributed by atoms with Gasteiger partial charge in [-0.25, -0.2) is 4.39 Å². The molecular formula is C23H25FN2O5. The number of hydrogen-bond donors (Lipinski definition) is 2. The second kappa shape index (κ2) is 11.0. The molecule has 0 bridgehead atoms. The van der Waals surface area contributed by atoms with Crippen LogP contribution in [-0.2, 0) is 14.4 Å². The number of nitrogens with zero attached hydrogens (tertiary/aromatic N) is 1. The average Bonchev–Trinajstić information content (AvgIpc) is 2.75.